The number of nitrogens with zero attached hydrogens (tertiary/aromatic N) is 2. The summed E-state index contributed by atoms with van der Waals surface area (Å²) in [6.07, 6.45) is -0.155. The van der Waals surface area contributed by atoms with Crippen molar-refractivity contribution in [2.75, 3.05) is 33.6 Å². The number of pyridine rings is 1. The standard InChI is InChI=1S/C24H25ClF2N2O5/c1-31-21-19(32-13-15-10-23(26,27)11-15)6-5-18(28-21)22(30)29-8-7-24(20(12-29)33-14-34-24)16-3-2-4-17(25)9-16/h2-6,9,15,20H,7-8,10-14H2,1H3/t20-,24-/m1/s1. The summed E-state index contributed by atoms with van der Waals surface area (Å²) in [6, 6.07) is 10.7. The molecular weight excluding hydrogens is 470 g/mol. The molecule has 1 aromatic heterocycles. The Morgan fingerprint density at radius 1 is 1.29 bits per heavy atom. The number of hydrogen-bond acceptors (Lipinski definition) is 6. The molecule has 0 bridgehead atoms. The van der Waals surface area contributed by atoms with Crippen molar-refractivity contribution in [3.63, 3.8) is 0 Å². The summed E-state index contributed by atoms with van der Waals surface area (Å²) in [5.74, 6) is -2.61. The van der Waals surface area contributed by atoms with E-state index in [0.717, 1.165) is 5.56 Å². The first kappa shape index (κ1) is 23.3. The number of ether oxygens (including phenoxy) is 4. The number of halogens is 3. The smallest absolute Gasteiger partial charge is 0.272 e. The van der Waals surface area contributed by atoms with Crippen LogP contribution >= 0.6 is 11.6 Å². The Labute approximate surface area is 200 Å². The lowest BCUT2D eigenvalue weighted by Crippen LogP contribution is -2.53. The van der Waals surface area contributed by atoms with Gasteiger partial charge in [-0.2, -0.15) is 0 Å². The fraction of sp³-hybridized carbons (Fsp3) is 0.500. The van der Waals surface area contributed by atoms with Gasteiger partial charge in [-0.15, -0.1) is 0 Å². The number of fused-ring (bicyclic) bond motifs is 1. The molecule has 1 amide bonds. The van der Waals surface area contributed by atoms with Gasteiger partial charge in [-0.25, -0.2) is 13.8 Å². The van der Waals surface area contributed by atoms with E-state index in [0.29, 0.717) is 30.3 Å². The summed E-state index contributed by atoms with van der Waals surface area (Å²) in [5.41, 5.74) is 0.483. The number of methoxy groups -OCH3 is 1. The Morgan fingerprint density at radius 2 is 2.12 bits per heavy atom. The van der Waals surface area contributed by atoms with Crippen LogP contribution in [0.2, 0.25) is 5.02 Å². The number of likely N-dealkylation sites (tertiary alicyclic amines) is 1. The highest BCUT2D eigenvalue weighted by Gasteiger charge is 2.51. The lowest BCUT2D eigenvalue weighted by Gasteiger charge is -2.41. The van der Waals surface area contributed by atoms with Crippen LogP contribution in [0.3, 0.4) is 0 Å². The van der Waals surface area contributed by atoms with E-state index < -0.39 is 11.5 Å². The summed E-state index contributed by atoms with van der Waals surface area (Å²) in [5, 5.41) is 0.615. The van der Waals surface area contributed by atoms with E-state index in [1.807, 2.05) is 18.2 Å². The highest BCUT2D eigenvalue weighted by molar-refractivity contribution is 6.30. The van der Waals surface area contributed by atoms with E-state index >= 15 is 0 Å². The Morgan fingerprint density at radius 3 is 2.85 bits per heavy atom. The first-order chi connectivity index (χ1) is 16.3. The predicted molar refractivity (Wildman–Crippen MR) is 118 cm³/mol. The lowest BCUT2D eigenvalue weighted by molar-refractivity contribution is -0.119. The SMILES string of the molecule is COc1nc(C(=O)N2CC[C@]3(c4cccc(Cl)c4)OCO[C@@H]3C2)ccc1OCC1CC(F)(F)C1. The fourth-order valence-corrected chi connectivity index (χ4v) is 5.09. The van der Waals surface area contributed by atoms with Crippen LogP contribution in [0.5, 0.6) is 11.6 Å². The largest absolute Gasteiger partial charge is 0.488 e. The van der Waals surface area contributed by atoms with Crippen molar-refractivity contribution in [1.29, 1.82) is 0 Å². The van der Waals surface area contributed by atoms with E-state index in [4.69, 9.17) is 30.5 Å². The van der Waals surface area contributed by atoms with Gasteiger partial charge in [0.15, 0.2) is 5.75 Å². The number of aromatic nitrogens is 1. The summed E-state index contributed by atoms with van der Waals surface area (Å²) in [6.45, 7) is 1.08. The molecule has 3 heterocycles. The zero-order chi connectivity index (χ0) is 23.9. The molecule has 3 aliphatic rings. The highest BCUT2D eigenvalue weighted by Crippen LogP contribution is 2.44. The third-order valence-electron chi connectivity index (χ3n) is 6.73. The number of piperidine rings is 1. The van der Waals surface area contributed by atoms with Crippen molar-refractivity contribution in [2.24, 2.45) is 5.92 Å². The number of carbonyl (C=O) groups excluding carboxylic acids is 1. The quantitative estimate of drug-likeness (QED) is 0.597. The monoisotopic (exact) mass is 494 g/mol. The third kappa shape index (κ3) is 4.32. The van der Waals surface area contributed by atoms with E-state index in [-0.39, 0.29) is 55.7 Å². The summed E-state index contributed by atoms with van der Waals surface area (Å²) in [4.78, 5) is 19.2. The zero-order valence-corrected chi connectivity index (χ0v) is 19.4. The molecule has 10 heteroatoms. The molecule has 0 spiro atoms. The van der Waals surface area contributed by atoms with Gasteiger partial charge >= 0.3 is 0 Å². The average Bonchev–Trinajstić information content (AvgIpc) is 3.25. The maximum atomic E-state index is 13.2. The second kappa shape index (κ2) is 8.94. The number of benzene rings is 1. The van der Waals surface area contributed by atoms with Gasteiger partial charge in [0.25, 0.3) is 11.8 Å². The molecule has 1 aromatic carbocycles. The van der Waals surface area contributed by atoms with Crippen LogP contribution in [-0.4, -0.2) is 61.4 Å². The molecule has 2 aromatic rings. The Kier molecular flexibility index (Phi) is 6.12. The zero-order valence-electron chi connectivity index (χ0n) is 18.6. The molecule has 5 rings (SSSR count). The minimum absolute atomic E-state index is 0.141. The van der Waals surface area contributed by atoms with E-state index in [9.17, 15) is 13.6 Å². The number of rotatable bonds is 6. The van der Waals surface area contributed by atoms with Crippen molar-refractivity contribution < 1.29 is 32.5 Å². The van der Waals surface area contributed by atoms with Gasteiger partial charge in [-0.1, -0.05) is 23.7 Å². The average molecular weight is 495 g/mol. The van der Waals surface area contributed by atoms with Crippen molar-refractivity contribution in [3.8, 4) is 11.6 Å². The molecule has 2 saturated heterocycles. The Bertz CT molecular complexity index is 1080. The molecule has 2 atom stereocenters. The molecule has 1 saturated carbocycles. The molecule has 7 nitrogen and oxygen atoms in total. The maximum Gasteiger partial charge on any atom is 0.272 e. The van der Waals surface area contributed by atoms with E-state index in [1.54, 1.807) is 23.1 Å². The van der Waals surface area contributed by atoms with Gasteiger partial charge in [0.1, 0.15) is 24.2 Å². The lowest BCUT2D eigenvalue weighted by atomic mass is 9.82. The van der Waals surface area contributed by atoms with Crippen LogP contribution < -0.4 is 9.47 Å². The fourth-order valence-electron chi connectivity index (χ4n) is 4.90. The molecule has 0 N–H and O–H groups in total. The molecule has 2 aliphatic heterocycles. The summed E-state index contributed by atoms with van der Waals surface area (Å²) >= 11 is 6.19. The second-order valence-corrected chi connectivity index (χ2v) is 9.40. The molecule has 3 fully saturated rings. The predicted octanol–water partition coefficient (Wildman–Crippen LogP) is 4.28. The molecule has 1 aliphatic carbocycles. The van der Waals surface area contributed by atoms with Crippen LogP contribution in [0, 0.1) is 5.92 Å². The molecule has 182 valence electrons. The van der Waals surface area contributed by atoms with Gasteiger partial charge in [0, 0.05) is 36.7 Å². The first-order valence-electron chi connectivity index (χ1n) is 11.2. The number of carbonyl (C=O) groups is 1. The minimum Gasteiger partial charge on any atom is -0.488 e. The van der Waals surface area contributed by atoms with Crippen LogP contribution in [0.4, 0.5) is 8.78 Å². The van der Waals surface area contributed by atoms with Crippen molar-refractivity contribution in [3.05, 3.63) is 52.7 Å². The van der Waals surface area contributed by atoms with Crippen LogP contribution in [0.15, 0.2) is 36.4 Å². The number of alkyl halides is 2. The van der Waals surface area contributed by atoms with E-state index in [2.05, 4.69) is 4.98 Å². The van der Waals surface area contributed by atoms with Gasteiger partial charge < -0.3 is 23.8 Å². The van der Waals surface area contributed by atoms with Gasteiger partial charge in [-0.05, 0) is 29.8 Å². The van der Waals surface area contributed by atoms with Crippen molar-refractivity contribution in [2.45, 2.75) is 36.9 Å². The van der Waals surface area contributed by atoms with Gasteiger partial charge in [0.2, 0.25) is 5.92 Å². The highest BCUT2D eigenvalue weighted by atomic mass is 35.5. The molecular formula is C24H25ClF2N2O5. The molecule has 34 heavy (non-hydrogen) atoms. The second-order valence-electron chi connectivity index (χ2n) is 8.96. The summed E-state index contributed by atoms with van der Waals surface area (Å²) in [7, 11) is 1.42. The van der Waals surface area contributed by atoms with Crippen LogP contribution in [-0.2, 0) is 15.1 Å². The van der Waals surface area contributed by atoms with Crippen LogP contribution in [0.1, 0.15) is 35.3 Å². The summed E-state index contributed by atoms with van der Waals surface area (Å²) < 4.78 is 48.9. The van der Waals surface area contributed by atoms with E-state index in [1.165, 1.54) is 7.11 Å². The Balaban J connectivity index is 1.27. The third-order valence-corrected chi connectivity index (χ3v) is 6.97. The van der Waals surface area contributed by atoms with Crippen LogP contribution in [0.25, 0.3) is 0 Å². The molecule has 0 radical (unpaired) electrons. The van der Waals surface area contributed by atoms with Gasteiger partial charge in [-0.3, -0.25) is 4.79 Å². The normalized spacial score (nSPS) is 26.0. The number of hydrogen-bond donors (Lipinski definition) is 0. The first-order valence-corrected chi connectivity index (χ1v) is 11.5. The molecule has 0 unspecified atom stereocenters. The van der Waals surface area contributed by atoms with Crippen molar-refractivity contribution >= 4 is 17.5 Å². The minimum atomic E-state index is -2.60. The maximum absolute atomic E-state index is 13.2. The Hall–Kier alpha value is -2.49. The van der Waals surface area contributed by atoms with Crippen molar-refractivity contribution in [1.82, 2.24) is 9.88 Å². The number of amides is 1. The topological polar surface area (TPSA) is 70.1 Å². The van der Waals surface area contributed by atoms with Gasteiger partial charge in [0.05, 0.1) is 20.3 Å².